The topological polar surface area (TPSA) is 506 Å². The average Bonchev–Trinajstić information content (AvgIpc) is 1.66. The van der Waals surface area contributed by atoms with Gasteiger partial charge in [0.2, 0.25) is 0 Å². The summed E-state index contributed by atoms with van der Waals surface area (Å²) in [5, 5.41) is 6.06. The molecule has 0 spiro atoms. The van der Waals surface area contributed by atoms with Crippen molar-refractivity contribution in [3.8, 4) is 0 Å². The minimum atomic E-state index is -5.17. The Morgan fingerprint density at radius 3 is 0.519 bits per heavy atom. The normalized spacial score (nSPS) is 7.33. The minimum Gasteiger partial charge on any atom is -0.759 e. The standard InChI is InChI=1S/CH5N3.2Al.3H2O4S.6H2O/c2-1(3)4;;;3*1-5(2,3)4;;;;;;/h(H5,2,3,4);;;3*(H2,1,2,3,4);6*1H2/q;2*+3;;;;;;;;;/p-6. The number of rotatable bonds is 0. The van der Waals surface area contributed by atoms with Crippen LogP contribution in [0.25, 0.3) is 0 Å². The van der Waals surface area contributed by atoms with E-state index >= 15 is 0 Å². The number of hydrogen-bond donors (Lipinski definition) is 3. The van der Waals surface area contributed by atoms with Crippen molar-refractivity contribution in [3.05, 3.63) is 0 Å². The zero-order valence-corrected chi connectivity index (χ0v) is 17.2. The third kappa shape index (κ3) is 166000. The molecule has 0 unspecified atom stereocenters. The molecule has 0 bridgehead atoms. The maximum Gasteiger partial charge on any atom is 3.00 e. The van der Waals surface area contributed by atoms with E-state index in [9.17, 15) is 0 Å². The Labute approximate surface area is 174 Å². The van der Waals surface area contributed by atoms with Gasteiger partial charge < -0.3 is 71.6 Å². The molecule has 0 rings (SSSR count). The third-order valence-corrected chi connectivity index (χ3v) is 0. The van der Waals surface area contributed by atoms with Crippen molar-refractivity contribution in [3.63, 3.8) is 0 Å². The Morgan fingerprint density at radius 2 is 0.519 bits per heavy atom. The molecule has 0 aliphatic rings. The first-order chi connectivity index (χ1) is 7.73. The number of hydrogen-bond acceptors (Lipinski definition) is 13. The van der Waals surface area contributed by atoms with Crippen molar-refractivity contribution in [2.75, 3.05) is 0 Å². The molecule has 0 radical (unpaired) electrons. The van der Waals surface area contributed by atoms with Gasteiger partial charge >= 0.3 is 34.7 Å². The van der Waals surface area contributed by atoms with Crippen molar-refractivity contribution in [1.82, 2.24) is 0 Å². The van der Waals surface area contributed by atoms with Crippen molar-refractivity contribution < 1.29 is 85.4 Å². The first-order valence-corrected chi connectivity index (χ1v) is 6.83. The predicted octanol–water partition coefficient (Wildman–Crippen LogP) is -10.9. The van der Waals surface area contributed by atoms with Gasteiger partial charge in [-0.25, -0.2) is 0 Å². The Balaban J connectivity index is -0.0000000101. The molecule has 0 aromatic carbocycles. The van der Waals surface area contributed by atoms with Gasteiger partial charge in [-0.3, -0.25) is 30.7 Å². The summed E-state index contributed by atoms with van der Waals surface area (Å²) in [6, 6.07) is 0. The smallest absolute Gasteiger partial charge is 0.759 e. The maximum atomic E-state index is 8.52. The summed E-state index contributed by atoms with van der Waals surface area (Å²) in [6.45, 7) is 0. The molecule has 0 aliphatic carbocycles. The van der Waals surface area contributed by atoms with Crippen LogP contribution in [0, 0.1) is 5.41 Å². The first-order valence-electron chi connectivity index (χ1n) is 2.83. The van der Waals surface area contributed by atoms with Crippen LogP contribution in [0.2, 0.25) is 0 Å². The van der Waals surface area contributed by atoms with Gasteiger partial charge in [-0.15, -0.1) is 0 Å². The molecule has 0 aliphatic heterocycles. The summed E-state index contributed by atoms with van der Waals surface area (Å²) in [5.74, 6) is -0.333. The van der Waals surface area contributed by atoms with Gasteiger partial charge in [-0.05, 0) is 0 Å². The Morgan fingerprint density at radius 1 is 0.519 bits per heavy atom. The predicted molar refractivity (Wildman–Crippen MR) is 80.7 cm³/mol. The molecule has 0 saturated heterocycles. The van der Waals surface area contributed by atoms with Crippen molar-refractivity contribution >= 4 is 71.9 Å². The molecule has 0 saturated carbocycles. The van der Waals surface area contributed by atoms with Crippen LogP contribution in [0.5, 0.6) is 0 Å². The van der Waals surface area contributed by atoms with E-state index in [1.807, 2.05) is 0 Å². The minimum absolute atomic E-state index is 0. The largest absolute Gasteiger partial charge is 3.00 e. The molecular weight excluding hydrogens is 492 g/mol. The van der Waals surface area contributed by atoms with Crippen LogP contribution >= 0.6 is 0 Å². The summed E-state index contributed by atoms with van der Waals surface area (Å²) in [7, 11) is -15.5. The molecular formula is CH17Al2N3O18S3. The third-order valence-electron chi connectivity index (χ3n) is 0. The molecule has 27 heavy (non-hydrogen) atoms. The van der Waals surface area contributed by atoms with E-state index < -0.39 is 31.2 Å². The molecule has 168 valence electrons. The van der Waals surface area contributed by atoms with Crippen LogP contribution in [0.1, 0.15) is 0 Å². The summed E-state index contributed by atoms with van der Waals surface area (Å²) < 4.78 is 102. The molecule has 0 atom stereocenters. The molecule has 17 N–H and O–H groups in total. The van der Waals surface area contributed by atoms with E-state index in [-0.39, 0.29) is 73.5 Å². The fourth-order valence-corrected chi connectivity index (χ4v) is 0. The van der Waals surface area contributed by atoms with Crippen molar-refractivity contribution in [2.45, 2.75) is 0 Å². The van der Waals surface area contributed by atoms with Crippen molar-refractivity contribution in [2.24, 2.45) is 11.5 Å². The van der Waals surface area contributed by atoms with E-state index in [1.54, 1.807) is 0 Å². The van der Waals surface area contributed by atoms with Gasteiger partial charge in [-0.1, -0.05) is 0 Å². The second-order valence-corrected chi connectivity index (χ2v) is 4.13. The van der Waals surface area contributed by atoms with E-state index in [2.05, 4.69) is 11.5 Å². The molecule has 0 aromatic heterocycles. The summed E-state index contributed by atoms with van der Waals surface area (Å²) in [6.07, 6.45) is 0. The SMILES string of the molecule is N=C(N)N.O.O.O.O.O.O.O=S(=O)([O-])[O-].O=S(=O)([O-])[O-].O=S(=O)([O-])[O-].[Al+3].[Al+3]. The van der Waals surface area contributed by atoms with E-state index in [4.69, 9.17) is 58.0 Å². The van der Waals surface area contributed by atoms with Gasteiger partial charge in [0, 0.05) is 31.2 Å². The second kappa shape index (κ2) is 36.6. The number of nitrogens with two attached hydrogens (primary N) is 2. The van der Waals surface area contributed by atoms with Crippen LogP contribution < -0.4 is 11.5 Å². The average molecular weight is 509 g/mol. The van der Waals surface area contributed by atoms with Gasteiger partial charge in [0.1, 0.15) is 0 Å². The molecule has 0 heterocycles. The van der Waals surface area contributed by atoms with Gasteiger partial charge in [-0.2, -0.15) is 0 Å². The van der Waals surface area contributed by atoms with E-state index in [0.717, 1.165) is 0 Å². The quantitative estimate of drug-likeness (QED) is 0.0897. The second-order valence-electron chi connectivity index (χ2n) is 1.68. The van der Waals surface area contributed by atoms with Gasteiger partial charge in [0.05, 0.1) is 0 Å². The van der Waals surface area contributed by atoms with Gasteiger partial charge in [0.15, 0.2) is 5.96 Å². The monoisotopic (exact) mass is 509 g/mol. The summed E-state index contributed by atoms with van der Waals surface area (Å²) in [5.41, 5.74) is 8.94. The molecule has 0 aromatic rings. The molecule has 0 fully saturated rings. The molecule has 26 heteroatoms. The number of nitrogens with one attached hydrogen (secondary N) is 1. The van der Waals surface area contributed by atoms with Crippen molar-refractivity contribution in [1.29, 1.82) is 5.41 Å². The fourth-order valence-electron chi connectivity index (χ4n) is 0. The van der Waals surface area contributed by atoms with Crippen LogP contribution in [-0.4, -0.2) is 126 Å². The first kappa shape index (κ1) is 81.6. The van der Waals surface area contributed by atoms with Gasteiger partial charge in [0.25, 0.3) is 0 Å². The zero-order valence-electron chi connectivity index (χ0n) is 12.4. The van der Waals surface area contributed by atoms with Crippen LogP contribution in [0.15, 0.2) is 0 Å². The van der Waals surface area contributed by atoms with E-state index in [1.165, 1.54) is 0 Å². The van der Waals surface area contributed by atoms with Crippen LogP contribution in [0.3, 0.4) is 0 Å². The fraction of sp³-hybridized carbons (Fsp3) is 0. The van der Waals surface area contributed by atoms with E-state index in [0.29, 0.717) is 0 Å². The van der Waals surface area contributed by atoms with Crippen LogP contribution in [-0.2, 0) is 31.2 Å². The summed E-state index contributed by atoms with van der Waals surface area (Å²) in [4.78, 5) is 0. The molecule has 21 nitrogen and oxygen atoms in total. The summed E-state index contributed by atoms with van der Waals surface area (Å²) >= 11 is 0. The Bertz CT molecular complexity index is 439. The maximum absolute atomic E-state index is 8.52. The van der Waals surface area contributed by atoms with Crippen LogP contribution in [0.4, 0.5) is 0 Å². The zero-order chi connectivity index (χ0) is 17.1. The molecule has 0 amide bonds. The Kier molecular flexibility index (Phi) is 111. The number of guanidine groups is 1. The Hall–Kier alpha value is -0.295.